The van der Waals surface area contributed by atoms with Gasteiger partial charge in [0.1, 0.15) is 0 Å². The summed E-state index contributed by atoms with van der Waals surface area (Å²) in [6.45, 7) is -0.284. The predicted molar refractivity (Wildman–Crippen MR) is 54.3 cm³/mol. The van der Waals surface area contributed by atoms with Crippen molar-refractivity contribution in [3.63, 3.8) is 0 Å². The lowest BCUT2D eigenvalue weighted by molar-refractivity contribution is 0.150. The maximum Gasteiger partial charge on any atom is 0.279 e. The molecule has 2 N–H and O–H groups in total. The van der Waals surface area contributed by atoms with Gasteiger partial charge in [-0.1, -0.05) is 0 Å². The molecule has 0 spiro atoms. The van der Waals surface area contributed by atoms with Crippen molar-refractivity contribution in [3.05, 3.63) is 0 Å². The second-order valence-corrected chi connectivity index (χ2v) is 5.52. The molecule has 1 rings (SSSR count). The fraction of sp³-hybridized carbons (Fsp3) is 1.00. The topological polar surface area (TPSA) is 69.6 Å². The molecular weight excluding hydrogens is 242 g/mol. The number of piperidine rings is 1. The molecule has 0 aliphatic carbocycles. The molecule has 1 heterocycles. The molecule has 16 heavy (non-hydrogen) atoms. The highest BCUT2D eigenvalue weighted by molar-refractivity contribution is 7.87. The minimum Gasteiger partial charge on any atom is -0.396 e. The Kier molecular flexibility index (Phi) is 5.03. The van der Waals surface area contributed by atoms with Gasteiger partial charge in [-0.2, -0.15) is 17.4 Å². The number of halogens is 2. The first-order valence-corrected chi connectivity index (χ1v) is 6.53. The Hall–Kier alpha value is -0.310. The minimum atomic E-state index is -3.79. The quantitative estimate of drug-likeness (QED) is 0.717. The zero-order valence-corrected chi connectivity index (χ0v) is 9.59. The third-order valence-corrected chi connectivity index (χ3v) is 4.17. The van der Waals surface area contributed by atoms with Crippen LogP contribution in [0.3, 0.4) is 0 Å². The van der Waals surface area contributed by atoms with Crippen LogP contribution in [-0.2, 0) is 10.2 Å². The average Bonchev–Trinajstić information content (AvgIpc) is 2.27. The Balaban J connectivity index is 2.45. The number of nitrogens with zero attached hydrogens (tertiary/aromatic N) is 1. The van der Waals surface area contributed by atoms with Crippen molar-refractivity contribution in [1.29, 1.82) is 0 Å². The van der Waals surface area contributed by atoms with E-state index in [1.807, 2.05) is 4.72 Å². The summed E-state index contributed by atoms with van der Waals surface area (Å²) >= 11 is 0. The van der Waals surface area contributed by atoms with E-state index in [1.165, 1.54) is 0 Å². The average molecular weight is 258 g/mol. The number of aliphatic hydroxyl groups is 1. The number of hydrogen-bond donors (Lipinski definition) is 2. The molecule has 0 saturated carbocycles. The molecule has 0 aromatic rings. The monoisotopic (exact) mass is 258 g/mol. The van der Waals surface area contributed by atoms with Crippen molar-refractivity contribution in [2.45, 2.75) is 19.3 Å². The van der Waals surface area contributed by atoms with Crippen LogP contribution in [0.15, 0.2) is 0 Å². The molecule has 0 radical (unpaired) electrons. The number of alkyl halides is 2. The van der Waals surface area contributed by atoms with Crippen LogP contribution in [0.1, 0.15) is 12.8 Å². The van der Waals surface area contributed by atoms with E-state index in [9.17, 15) is 17.2 Å². The van der Waals surface area contributed by atoms with Gasteiger partial charge >= 0.3 is 0 Å². The molecule has 0 atom stereocenters. The normalized spacial score (nSPS) is 20.5. The molecule has 0 aromatic heterocycles. The van der Waals surface area contributed by atoms with Crippen LogP contribution in [0.25, 0.3) is 0 Å². The van der Waals surface area contributed by atoms with E-state index >= 15 is 0 Å². The van der Waals surface area contributed by atoms with Gasteiger partial charge in [-0.3, -0.25) is 0 Å². The molecule has 0 amide bonds. The molecular formula is C8H16F2N2O3S. The zero-order valence-electron chi connectivity index (χ0n) is 8.77. The van der Waals surface area contributed by atoms with E-state index in [0.29, 0.717) is 12.8 Å². The summed E-state index contributed by atoms with van der Waals surface area (Å²) in [4.78, 5) is 0. The lowest BCUT2D eigenvalue weighted by atomic mass is 10.00. The van der Waals surface area contributed by atoms with Gasteiger partial charge in [0, 0.05) is 19.7 Å². The molecule has 0 aromatic carbocycles. The molecule has 5 nitrogen and oxygen atoms in total. The molecule has 8 heteroatoms. The minimum absolute atomic E-state index is 0.0400. The van der Waals surface area contributed by atoms with Crippen molar-refractivity contribution in [1.82, 2.24) is 9.03 Å². The molecule has 1 aliphatic rings. The number of rotatable bonds is 5. The Morgan fingerprint density at radius 2 is 1.94 bits per heavy atom. The summed E-state index contributed by atoms with van der Waals surface area (Å²) in [5.41, 5.74) is 0. The second kappa shape index (κ2) is 5.85. The van der Waals surface area contributed by atoms with Crippen LogP contribution in [0, 0.1) is 5.92 Å². The van der Waals surface area contributed by atoms with Crippen molar-refractivity contribution < 1.29 is 22.3 Å². The third-order valence-electron chi connectivity index (χ3n) is 2.59. The van der Waals surface area contributed by atoms with E-state index < -0.39 is 23.2 Å². The zero-order chi connectivity index (χ0) is 12.2. The summed E-state index contributed by atoms with van der Waals surface area (Å²) in [5.74, 6) is 0.113. The fourth-order valence-electron chi connectivity index (χ4n) is 1.59. The van der Waals surface area contributed by atoms with E-state index in [1.54, 1.807) is 0 Å². The van der Waals surface area contributed by atoms with Crippen LogP contribution in [0.2, 0.25) is 0 Å². The van der Waals surface area contributed by atoms with Gasteiger partial charge in [-0.05, 0) is 18.8 Å². The standard InChI is InChI=1S/C8H16F2N2O3S/c9-8(10)5-11-16(14,15)12-3-1-7(6-13)2-4-12/h7-8,11,13H,1-6H2. The largest absolute Gasteiger partial charge is 0.396 e. The maximum absolute atomic E-state index is 11.9. The smallest absolute Gasteiger partial charge is 0.279 e. The summed E-state index contributed by atoms with van der Waals surface area (Å²) in [6, 6.07) is 0. The number of nitrogens with one attached hydrogen (secondary N) is 1. The Labute approximate surface area is 93.6 Å². The van der Waals surface area contributed by atoms with Crippen molar-refractivity contribution in [3.8, 4) is 0 Å². The Bertz CT molecular complexity index is 302. The first-order chi connectivity index (χ1) is 7.45. The van der Waals surface area contributed by atoms with Crippen LogP contribution in [-0.4, -0.2) is 50.5 Å². The summed E-state index contributed by atoms with van der Waals surface area (Å²) < 4.78 is 49.7. The summed E-state index contributed by atoms with van der Waals surface area (Å²) in [6.07, 6.45) is -1.57. The molecule has 1 fully saturated rings. The van der Waals surface area contributed by atoms with Crippen LogP contribution < -0.4 is 4.72 Å². The number of hydrogen-bond acceptors (Lipinski definition) is 3. The van der Waals surface area contributed by atoms with Crippen LogP contribution in [0.4, 0.5) is 8.78 Å². The Morgan fingerprint density at radius 3 is 2.38 bits per heavy atom. The van der Waals surface area contributed by atoms with E-state index in [4.69, 9.17) is 5.11 Å². The Morgan fingerprint density at radius 1 is 1.38 bits per heavy atom. The number of aliphatic hydroxyl groups excluding tert-OH is 1. The highest BCUT2D eigenvalue weighted by Gasteiger charge is 2.27. The van der Waals surface area contributed by atoms with E-state index in [2.05, 4.69) is 0 Å². The van der Waals surface area contributed by atoms with Crippen molar-refractivity contribution in [2.24, 2.45) is 5.92 Å². The van der Waals surface area contributed by atoms with Gasteiger partial charge < -0.3 is 5.11 Å². The lowest BCUT2D eigenvalue weighted by Gasteiger charge is -2.30. The van der Waals surface area contributed by atoms with Gasteiger partial charge in [-0.25, -0.2) is 8.78 Å². The van der Waals surface area contributed by atoms with Crippen molar-refractivity contribution in [2.75, 3.05) is 26.2 Å². The highest BCUT2D eigenvalue weighted by atomic mass is 32.2. The van der Waals surface area contributed by atoms with Gasteiger partial charge in [0.15, 0.2) is 0 Å². The maximum atomic E-state index is 11.9. The van der Waals surface area contributed by atoms with E-state index in [0.717, 1.165) is 4.31 Å². The van der Waals surface area contributed by atoms with Gasteiger partial charge in [0.05, 0.1) is 6.54 Å². The van der Waals surface area contributed by atoms with Gasteiger partial charge in [0.25, 0.3) is 16.6 Å². The van der Waals surface area contributed by atoms with Crippen molar-refractivity contribution >= 4 is 10.2 Å². The van der Waals surface area contributed by atoms with Crippen LogP contribution >= 0.6 is 0 Å². The van der Waals surface area contributed by atoms with Crippen LogP contribution in [0.5, 0.6) is 0 Å². The predicted octanol–water partition coefficient (Wildman–Crippen LogP) is -0.210. The third kappa shape index (κ3) is 3.93. The molecule has 0 bridgehead atoms. The molecule has 0 unspecified atom stereocenters. The first kappa shape index (κ1) is 13.8. The first-order valence-electron chi connectivity index (χ1n) is 5.09. The summed E-state index contributed by atoms with van der Waals surface area (Å²) in [5, 5.41) is 8.87. The SMILES string of the molecule is O=S(=O)(NCC(F)F)N1CCC(CO)CC1. The van der Waals surface area contributed by atoms with Gasteiger partial charge in [0.2, 0.25) is 0 Å². The molecule has 96 valence electrons. The van der Waals surface area contributed by atoms with E-state index in [-0.39, 0.29) is 25.6 Å². The lowest BCUT2D eigenvalue weighted by Crippen LogP contribution is -2.46. The van der Waals surface area contributed by atoms with Gasteiger partial charge in [-0.15, -0.1) is 0 Å². The second-order valence-electron chi connectivity index (χ2n) is 3.77. The highest BCUT2D eigenvalue weighted by Crippen LogP contribution is 2.18. The fourth-order valence-corrected chi connectivity index (χ4v) is 2.80. The molecule has 1 saturated heterocycles. The molecule has 1 aliphatic heterocycles. The summed E-state index contributed by atoms with van der Waals surface area (Å²) in [7, 11) is -3.79.